The van der Waals surface area contributed by atoms with Crippen LogP contribution in [0.2, 0.25) is 0 Å². The van der Waals surface area contributed by atoms with Gasteiger partial charge in [-0.15, -0.1) is 0 Å². The molecule has 2 atom stereocenters. The first-order valence-electron chi connectivity index (χ1n) is 9.36. The topological polar surface area (TPSA) is 49.7 Å². The molecule has 0 bridgehead atoms. The SMILES string of the molecule is OC[C@H](O)COCCCCCCCCCCC[C@@H]1C=CCC1. The van der Waals surface area contributed by atoms with Crippen LogP contribution in [-0.4, -0.2) is 36.1 Å². The van der Waals surface area contributed by atoms with E-state index in [4.69, 9.17) is 14.9 Å². The van der Waals surface area contributed by atoms with Crippen molar-refractivity contribution in [2.24, 2.45) is 5.92 Å². The van der Waals surface area contributed by atoms with Gasteiger partial charge in [0, 0.05) is 6.61 Å². The number of ether oxygens (including phenoxy) is 1. The van der Waals surface area contributed by atoms with Crippen LogP contribution in [0.5, 0.6) is 0 Å². The number of aliphatic hydroxyl groups is 2. The second-order valence-electron chi connectivity index (χ2n) is 6.65. The van der Waals surface area contributed by atoms with E-state index < -0.39 is 6.10 Å². The Morgan fingerprint density at radius 2 is 1.59 bits per heavy atom. The third-order valence-corrected chi connectivity index (χ3v) is 4.50. The van der Waals surface area contributed by atoms with Gasteiger partial charge in [0.1, 0.15) is 6.10 Å². The van der Waals surface area contributed by atoms with Crippen LogP contribution in [0.1, 0.15) is 77.0 Å². The van der Waals surface area contributed by atoms with E-state index in [9.17, 15) is 0 Å². The van der Waals surface area contributed by atoms with Crippen molar-refractivity contribution in [1.29, 1.82) is 0 Å². The summed E-state index contributed by atoms with van der Waals surface area (Å²) in [5.74, 6) is 0.890. The Kier molecular flexibility index (Phi) is 12.7. The van der Waals surface area contributed by atoms with Crippen molar-refractivity contribution < 1.29 is 14.9 Å². The highest BCUT2D eigenvalue weighted by molar-refractivity contribution is 4.95. The highest BCUT2D eigenvalue weighted by atomic mass is 16.5. The monoisotopic (exact) mass is 312 g/mol. The molecule has 0 aliphatic heterocycles. The molecule has 2 N–H and O–H groups in total. The van der Waals surface area contributed by atoms with Crippen LogP contribution in [0.3, 0.4) is 0 Å². The molecule has 0 amide bonds. The van der Waals surface area contributed by atoms with Crippen LogP contribution >= 0.6 is 0 Å². The van der Waals surface area contributed by atoms with E-state index in [1.165, 1.54) is 70.6 Å². The fourth-order valence-electron chi connectivity index (χ4n) is 3.06. The number of allylic oxidation sites excluding steroid dienone is 2. The van der Waals surface area contributed by atoms with Crippen molar-refractivity contribution in [3.05, 3.63) is 12.2 Å². The predicted molar refractivity (Wildman–Crippen MR) is 91.9 cm³/mol. The van der Waals surface area contributed by atoms with Gasteiger partial charge < -0.3 is 14.9 Å². The molecule has 0 saturated carbocycles. The van der Waals surface area contributed by atoms with Gasteiger partial charge in [0.05, 0.1) is 13.2 Å². The van der Waals surface area contributed by atoms with Gasteiger partial charge in [-0.05, 0) is 31.6 Å². The number of hydrogen-bond acceptors (Lipinski definition) is 3. The fourth-order valence-corrected chi connectivity index (χ4v) is 3.06. The lowest BCUT2D eigenvalue weighted by Gasteiger charge is -2.08. The second-order valence-corrected chi connectivity index (χ2v) is 6.65. The largest absolute Gasteiger partial charge is 0.394 e. The van der Waals surface area contributed by atoms with E-state index in [2.05, 4.69) is 12.2 Å². The molecule has 0 saturated heterocycles. The van der Waals surface area contributed by atoms with Crippen LogP contribution in [0, 0.1) is 5.92 Å². The lowest BCUT2D eigenvalue weighted by Crippen LogP contribution is -2.19. The number of unbranched alkanes of at least 4 members (excludes halogenated alkanes) is 8. The summed E-state index contributed by atoms with van der Waals surface area (Å²) in [5, 5.41) is 17.7. The van der Waals surface area contributed by atoms with Gasteiger partial charge in [0.2, 0.25) is 0 Å². The van der Waals surface area contributed by atoms with Gasteiger partial charge in [0.25, 0.3) is 0 Å². The summed E-state index contributed by atoms with van der Waals surface area (Å²) in [5.41, 5.74) is 0. The minimum atomic E-state index is -0.718. The van der Waals surface area contributed by atoms with Gasteiger partial charge in [-0.1, -0.05) is 63.5 Å². The van der Waals surface area contributed by atoms with E-state index in [1.807, 2.05) is 0 Å². The first kappa shape index (κ1) is 19.7. The molecule has 3 heteroatoms. The molecular weight excluding hydrogens is 276 g/mol. The maximum atomic E-state index is 9.10. The fraction of sp³-hybridized carbons (Fsp3) is 0.895. The molecule has 0 spiro atoms. The van der Waals surface area contributed by atoms with Gasteiger partial charge in [-0.25, -0.2) is 0 Å². The molecule has 1 rings (SSSR count). The molecule has 0 radical (unpaired) electrons. The summed E-state index contributed by atoms with van der Waals surface area (Å²) in [6, 6.07) is 0. The van der Waals surface area contributed by atoms with Crippen LogP contribution in [-0.2, 0) is 4.74 Å². The maximum absolute atomic E-state index is 9.10. The first-order valence-corrected chi connectivity index (χ1v) is 9.36. The Labute approximate surface area is 136 Å². The molecule has 0 fully saturated rings. The molecule has 22 heavy (non-hydrogen) atoms. The van der Waals surface area contributed by atoms with E-state index >= 15 is 0 Å². The Morgan fingerprint density at radius 1 is 0.955 bits per heavy atom. The zero-order valence-corrected chi connectivity index (χ0v) is 14.2. The van der Waals surface area contributed by atoms with E-state index in [-0.39, 0.29) is 13.2 Å². The minimum Gasteiger partial charge on any atom is -0.394 e. The number of hydrogen-bond donors (Lipinski definition) is 2. The molecular formula is C19H36O3. The molecule has 130 valence electrons. The first-order chi connectivity index (χ1) is 10.8. The summed E-state index contributed by atoms with van der Waals surface area (Å²) in [6.07, 6.45) is 20.0. The average Bonchev–Trinajstić information content (AvgIpc) is 3.04. The van der Waals surface area contributed by atoms with Gasteiger partial charge in [-0.3, -0.25) is 0 Å². The molecule has 1 aliphatic rings. The normalized spacial score (nSPS) is 18.9. The molecule has 0 aromatic heterocycles. The lowest BCUT2D eigenvalue weighted by molar-refractivity contribution is 0.00526. The Hall–Kier alpha value is -0.380. The smallest absolute Gasteiger partial charge is 0.100 e. The Balaban J connectivity index is 1.68. The van der Waals surface area contributed by atoms with Crippen LogP contribution in [0.4, 0.5) is 0 Å². The van der Waals surface area contributed by atoms with Crippen molar-refractivity contribution >= 4 is 0 Å². The van der Waals surface area contributed by atoms with Crippen molar-refractivity contribution in [3.63, 3.8) is 0 Å². The molecule has 0 aromatic rings. The average molecular weight is 312 g/mol. The highest BCUT2D eigenvalue weighted by Crippen LogP contribution is 2.23. The molecule has 1 aliphatic carbocycles. The third-order valence-electron chi connectivity index (χ3n) is 4.50. The quantitative estimate of drug-likeness (QED) is 0.351. The summed E-state index contributed by atoms with van der Waals surface area (Å²) in [4.78, 5) is 0. The highest BCUT2D eigenvalue weighted by Gasteiger charge is 2.07. The van der Waals surface area contributed by atoms with Crippen LogP contribution < -0.4 is 0 Å². The molecule has 3 nitrogen and oxygen atoms in total. The van der Waals surface area contributed by atoms with Gasteiger partial charge in [0.15, 0.2) is 0 Å². The standard InChI is InChI=1S/C19H36O3/c20-16-19(21)17-22-15-11-7-5-3-1-2-4-6-8-12-18-13-9-10-14-18/h9,13,18-21H,1-8,10-12,14-17H2/t18-,19+/m1/s1. The molecule has 0 aromatic carbocycles. The summed E-state index contributed by atoms with van der Waals surface area (Å²) >= 11 is 0. The van der Waals surface area contributed by atoms with E-state index in [0.29, 0.717) is 6.61 Å². The van der Waals surface area contributed by atoms with E-state index in [0.717, 1.165) is 12.3 Å². The number of rotatable bonds is 15. The lowest BCUT2D eigenvalue weighted by atomic mass is 9.99. The van der Waals surface area contributed by atoms with Crippen molar-refractivity contribution in [3.8, 4) is 0 Å². The van der Waals surface area contributed by atoms with Crippen LogP contribution in [0.25, 0.3) is 0 Å². The summed E-state index contributed by atoms with van der Waals surface area (Å²) in [7, 11) is 0. The zero-order chi connectivity index (χ0) is 15.9. The van der Waals surface area contributed by atoms with Crippen molar-refractivity contribution in [2.75, 3.05) is 19.8 Å². The Bertz CT molecular complexity index is 265. The second kappa shape index (κ2) is 14.2. The molecule has 0 heterocycles. The zero-order valence-electron chi connectivity index (χ0n) is 14.2. The predicted octanol–water partition coefficient (Wildman–Crippen LogP) is 4.22. The third kappa shape index (κ3) is 11.2. The van der Waals surface area contributed by atoms with E-state index in [1.54, 1.807) is 0 Å². The van der Waals surface area contributed by atoms with Crippen molar-refractivity contribution in [2.45, 2.75) is 83.2 Å². The summed E-state index contributed by atoms with van der Waals surface area (Å²) < 4.78 is 5.29. The van der Waals surface area contributed by atoms with Crippen molar-refractivity contribution in [1.82, 2.24) is 0 Å². The van der Waals surface area contributed by atoms with Gasteiger partial charge >= 0.3 is 0 Å². The van der Waals surface area contributed by atoms with Crippen LogP contribution in [0.15, 0.2) is 12.2 Å². The van der Waals surface area contributed by atoms with Gasteiger partial charge in [-0.2, -0.15) is 0 Å². The minimum absolute atomic E-state index is 0.211. The molecule has 0 unspecified atom stereocenters. The maximum Gasteiger partial charge on any atom is 0.100 e. The summed E-state index contributed by atoms with van der Waals surface area (Å²) in [6.45, 7) is 0.747. The Morgan fingerprint density at radius 3 is 2.18 bits per heavy atom. The number of aliphatic hydroxyl groups excluding tert-OH is 2.